The Balaban J connectivity index is 2.18. The average molecular weight is 232 g/mol. The maximum Gasteiger partial charge on any atom is 0.0932 e. The summed E-state index contributed by atoms with van der Waals surface area (Å²) >= 11 is 1.74. The Bertz CT molecular complexity index is 462. The van der Waals surface area contributed by atoms with Crippen molar-refractivity contribution in [3.63, 3.8) is 0 Å². The normalized spacial score (nSPS) is 10.6. The molecule has 84 valence electrons. The minimum atomic E-state index is 0.792. The Morgan fingerprint density at radius 3 is 3.00 bits per heavy atom. The lowest BCUT2D eigenvalue weighted by atomic mass is 10.1. The van der Waals surface area contributed by atoms with Crippen molar-refractivity contribution in [2.24, 2.45) is 0 Å². The molecule has 0 aliphatic rings. The number of benzene rings is 1. The van der Waals surface area contributed by atoms with Gasteiger partial charge >= 0.3 is 0 Å². The Morgan fingerprint density at radius 2 is 2.25 bits per heavy atom. The highest BCUT2D eigenvalue weighted by molar-refractivity contribution is 7.09. The predicted molar refractivity (Wildman–Crippen MR) is 70.6 cm³/mol. The lowest BCUT2D eigenvalue weighted by Crippen LogP contribution is -1.86. The van der Waals surface area contributed by atoms with Crippen LogP contribution in [0.2, 0.25) is 0 Å². The summed E-state index contributed by atoms with van der Waals surface area (Å²) in [6, 6.07) is 7.89. The molecule has 0 aliphatic carbocycles. The maximum atomic E-state index is 5.76. The molecule has 0 saturated carbocycles. The number of unbranched alkanes of at least 4 members (excludes halogenated alkanes) is 1. The lowest BCUT2D eigenvalue weighted by molar-refractivity contribution is 0.790. The van der Waals surface area contributed by atoms with Gasteiger partial charge in [0.2, 0.25) is 0 Å². The number of rotatable bonds is 4. The van der Waals surface area contributed by atoms with Crippen LogP contribution in [-0.2, 0) is 6.42 Å². The minimum absolute atomic E-state index is 0.792. The van der Waals surface area contributed by atoms with Gasteiger partial charge in [0.1, 0.15) is 0 Å². The third-order valence-corrected chi connectivity index (χ3v) is 3.39. The van der Waals surface area contributed by atoms with E-state index in [4.69, 9.17) is 5.73 Å². The molecule has 0 saturated heterocycles. The Morgan fingerprint density at radius 1 is 1.38 bits per heavy atom. The van der Waals surface area contributed by atoms with Crippen LogP contribution in [0.3, 0.4) is 0 Å². The van der Waals surface area contributed by atoms with Crippen LogP contribution in [0.5, 0.6) is 0 Å². The van der Waals surface area contributed by atoms with Gasteiger partial charge in [0.25, 0.3) is 0 Å². The number of nitrogens with two attached hydrogens (primary N) is 1. The second-order valence-electron chi connectivity index (χ2n) is 3.86. The summed E-state index contributed by atoms with van der Waals surface area (Å²) < 4.78 is 0. The average Bonchev–Trinajstić information content (AvgIpc) is 2.75. The SMILES string of the molecule is CCCCc1nc(-c2cccc(N)c2)cs1. The summed E-state index contributed by atoms with van der Waals surface area (Å²) in [7, 11) is 0. The number of nitrogens with zero attached hydrogens (tertiary/aromatic N) is 1. The van der Waals surface area contributed by atoms with Crippen molar-refractivity contribution in [2.75, 3.05) is 5.73 Å². The molecule has 0 atom stereocenters. The smallest absolute Gasteiger partial charge is 0.0932 e. The van der Waals surface area contributed by atoms with Crippen molar-refractivity contribution in [3.8, 4) is 11.3 Å². The predicted octanol–water partition coefficient (Wildman–Crippen LogP) is 3.73. The first-order valence-electron chi connectivity index (χ1n) is 5.60. The molecule has 0 bridgehead atoms. The summed E-state index contributed by atoms with van der Waals surface area (Å²) in [5.74, 6) is 0. The number of hydrogen-bond acceptors (Lipinski definition) is 3. The lowest BCUT2D eigenvalue weighted by Gasteiger charge is -1.98. The molecule has 2 aromatic rings. The van der Waals surface area contributed by atoms with Crippen molar-refractivity contribution >= 4 is 17.0 Å². The fourth-order valence-corrected chi connectivity index (χ4v) is 2.43. The van der Waals surface area contributed by atoms with Crippen LogP contribution >= 0.6 is 11.3 Å². The van der Waals surface area contributed by atoms with Gasteiger partial charge in [-0.3, -0.25) is 0 Å². The van der Waals surface area contributed by atoms with Crippen LogP contribution in [0.15, 0.2) is 29.6 Å². The van der Waals surface area contributed by atoms with Gasteiger partial charge < -0.3 is 5.73 Å². The highest BCUT2D eigenvalue weighted by atomic mass is 32.1. The van der Waals surface area contributed by atoms with Crippen LogP contribution in [-0.4, -0.2) is 4.98 Å². The summed E-state index contributed by atoms with van der Waals surface area (Å²) in [5, 5.41) is 3.33. The van der Waals surface area contributed by atoms with Gasteiger partial charge in [-0.25, -0.2) is 4.98 Å². The van der Waals surface area contributed by atoms with Crippen LogP contribution in [0.25, 0.3) is 11.3 Å². The maximum absolute atomic E-state index is 5.76. The molecule has 0 radical (unpaired) electrons. The number of thiazole rings is 1. The van der Waals surface area contributed by atoms with Crippen LogP contribution in [0, 0.1) is 0 Å². The quantitative estimate of drug-likeness (QED) is 0.816. The topological polar surface area (TPSA) is 38.9 Å². The third kappa shape index (κ3) is 2.61. The molecule has 0 spiro atoms. The van der Waals surface area contributed by atoms with Crippen molar-refractivity contribution in [1.29, 1.82) is 0 Å². The van der Waals surface area contributed by atoms with Crippen molar-refractivity contribution in [2.45, 2.75) is 26.2 Å². The third-order valence-electron chi connectivity index (χ3n) is 2.48. The number of aromatic nitrogens is 1. The van der Waals surface area contributed by atoms with E-state index in [1.54, 1.807) is 11.3 Å². The van der Waals surface area contributed by atoms with Crippen molar-refractivity contribution in [1.82, 2.24) is 4.98 Å². The van der Waals surface area contributed by atoms with E-state index in [-0.39, 0.29) is 0 Å². The molecular weight excluding hydrogens is 216 g/mol. The van der Waals surface area contributed by atoms with E-state index in [0.29, 0.717) is 0 Å². The fourth-order valence-electron chi connectivity index (χ4n) is 1.58. The van der Waals surface area contributed by atoms with E-state index in [2.05, 4.69) is 23.4 Å². The number of nitrogen functional groups attached to an aromatic ring is 1. The highest BCUT2D eigenvalue weighted by Crippen LogP contribution is 2.24. The molecule has 0 amide bonds. The zero-order valence-electron chi connectivity index (χ0n) is 9.44. The van der Waals surface area contributed by atoms with E-state index < -0.39 is 0 Å². The standard InChI is InChI=1S/C13H16N2S/c1-2-3-7-13-15-12(9-16-13)10-5-4-6-11(14)8-10/h4-6,8-9H,2-3,7,14H2,1H3. The second-order valence-corrected chi connectivity index (χ2v) is 4.80. The molecule has 0 fully saturated rings. The monoisotopic (exact) mass is 232 g/mol. The summed E-state index contributed by atoms with van der Waals surface area (Å²) in [6.07, 6.45) is 3.51. The zero-order valence-corrected chi connectivity index (χ0v) is 10.3. The van der Waals surface area contributed by atoms with E-state index in [0.717, 1.165) is 23.4 Å². The van der Waals surface area contributed by atoms with Crippen molar-refractivity contribution < 1.29 is 0 Å². The van der Waals surface area contributed by atoms with E-state index >= 15 is 0 Å². The van der Waals surface area contributed by atoms with Crippen LogP contribution < -0.4 is 5.73 Å². The molecular formula is C13H16N2S. The summed E-state index contributed by atoms with van der Waals surface area (Å²) in [6.45, 7) is 2.20. The van der Waals surface area contributed by atoms with Gasteiger partial charge in [0.15, 0.2) is 0 Å². The van der Waals surface area contributed by atoms with Gasteiger partial charge in [-0.2, -0.15) is 0 Å². The number of aryl methyl sites for hydroxylation is 1. The molecule has 3 heteroatoms. The van der Waals surface area contributed by atoms with Gasteiger partial charge in [-0.05, 0) is 25.0 Å². The van der Waals surface area contributed by atoms with Gasteiger partial charge in [0.05, 0.1) is 10.7 Å². The van der Waals surface area contributed by atoms with E-state index in [9.17, 15) is 0 Å². The van der Waals surface area contributed by atoms with E-state index in [1.807, 2.05) is 18.2 Å². The first-order chi connectivity index (χ1) is 7.79. The number of hydrogen-bond donors (Lipinski definition) is 1. The molecule has 1 heterocycles. The Hall–Kier alpha value is -1.35. The summed E-state index contributed by atoms with van der Waals surface area (Å²) in [5.41, 5.74) is 8.71. The molecule has 16 heavy (non-hydrogen) atoms. The van der Waals surface area contributed by atoms with Gasteiger partial charge in [-0.1, -0.05) is 25.5 Å². The first-order valence-corrected chi connectivity index (χ1v) is 6.48. The van der Waals surface area contributed by atoms with Crippen molar-refractivity contribution in [3.05, 3.63) is 34.7 Å². The molecule has 1 aromatic heterocycles. The highest BCUT2D eigenvalue weighted by Gasteiger charge is 2.04. The summed E-state index contributed by atoms with van der Waals surface area (Å²) in [4.78, 5) is 4.62. The minimum Gasteiger partial charge on any atom is -0.399 e. The number of anilines is 1. The molecule has 1 aromatic carbocycles. The van der Waals surface area contributed by atoms with Crippen LogP contribution in [0.1, 0.15) is 24.8 Å². The molecule has 0 unspecified atom stereocenters. The molecule has 0 aliphatic heterocycles. The fraction of sp³-hybridized carbons (Fsp3) is 0.308. The molecule has 2 N–H and O–H groups in total. The molecule has 2 nitrogen and oxygen atoms in total. The van der Waals surface area contributed by atoms with Crippen LogP contribution in [0.4, 0.5) is 5.69 Å². The first kappa shape index (κ1) is 11.1. The Labute approximate surface area is 100 Å². The molecule has 2 rings (SSSR count). The van der Waals surface area contributed by atoms with Gasteiger partial charge in [-0.15, -0.1) is 11.3 Å². The largest absolute Gasteiger partial charge is 0.399 e. The Kier molecular flexibility index (Phi) is 3.57. The van der Waals surface area contributed by atoms with Gasteiger partial charge in [0, 0.05) is 16.6 Å². The van der Waals surface area contributed by atoms with E-state index in [1.165, 1.54) is 17.8 Å². The zero-order chi connectivity index (χ0) is 11.4. The second kappa shape index (κ2) is 5.12.